The number of benzene rings is 1. The number of hydroxylamine groups is 2. The SMILES string of the molecule is CC1COc2cc(CN3OCC(C)(C)C3=O)c(Cl)cc2O1. The largest absolute Gasteiger partial charge is 0.486 e. The van der Waals surface area contributed by atoms with E-state index in [0.717, 1.165) is 5.56 Å². The van der Waals surface area contributed by atoms with Crippen molar-refractivity contribution in [2.24, 2.45) is 5.41 Å². The molecule has 0 aliphatic carbocycles. The number of fused-ring (bicyclic) bond motifs is 1. The van der Waals surface area contributed by atoms with Crippen molar-refractivity contribution in [3.63, 3.8) is 0 Å². The number of ether oxygens (including phenoxy) is 2. The van der Waals surface area contributed by atoms with Crippen molar-refractivity contribution in [1.29, 1.82) is 0 Å². The van der Waals surface area contributed by atoms with Gasteiger partial charge in [0.05, 0.1) is 18.6 Å². The molecule has 114 valence electrons. The zero-order chi connectivity index (χ0) is 15.2. The molecule has 0 saturated carbocycles. The number of hydrogen-bond donors (Lipinski definition) is 0. The van der Waals surface area contributed by atoms with Gasteiger partial charge in [-0.3, -0.25) is 9.63 Å². The fourth-order valence-corrected chi connectivity index (χ4v) is 2.54. The summed E-state index contributed by atoms with van der Waals surface area (Å²) in [5.74, 6) is 1.25. The van der Waals surface area contributed by atoms with Gasteiger partial charge in [0.1, 0.15) is 12.7 Å². The van der Waals surface area contributed by atoms with Gasteiger partial charge in [-0.1, -0.05) is 11.6 Å². The summed E-state index contributed by atoms with van der Waals surface area (Å²) in [6, 6.07) is 3.54. The molecule has 1 fully saturated rings. The van der Waals surface area contributed by atoms with Crippen LogP contribution in [-0.4, -0.2) is 30.3 Å². The maximum atomic E-state index is 12.2. The van der Waals surface area contributed by atoms with E-state index in [1.807, 2.05) is 26.8 Å². The molecule has 0 bridgehead atoms. The van der Waals surface area contributed by atoms with E-state index in [9.17, 15) is 4.79 Å². The van der Waals surface area contributed by atoms with Crippen LogP contribution in [0.2, 0.25) is 5.02 Å². The van der Waals surface area contributed by atoms with Crippen molar-refractivity contribution < 1.29 is 19.1 Å². The molecule has 1 atom stereocenters. The van der Waals surface area contributed by atoms with Crippen molar-refractivity contribution in [3.8, 4) is 11.5 Å². The number of carbonyl (C=O) groups excluding carboxylic acids is 1. The Morgan fingerprint density at radius 1 is 1.38 bits per heavy atom. The minimum Gasteiger partial charge on any atom is -0.486 e. The molecule has 2 aliphatic heterocycles. The third-order valence-corrected chi connectivity index (χ3v) is 3.97. The maximum absolute atomic E-state index is 12.2. The summed E-state index contributed by atoms with van der Waals surface area (Å²) in [6.07, 6.45) is 0.00343. The van der Waals surface area contributed by atoms with Gasteiger partial charge in [-0.15, -0.1) is 0 Å². The van der Waals surface area contributed by atoms with Gasteiger partial charge in [0.25, 0.3) is 5.91 Å². The van der Waals surface area contributed by atoms with Crippen LogP contribution in [0.5, 0.6) is 11.5 Å². The van der Waals surface area contributed by atoms with Crippen LogP contribution in [0.3, 0.4) is 0 Å². The summed E-state index contributed by atoms with van der Waals surface area (Å²) in [6.45, 7) is 6.84. The molecule has 1 unspecified atom stereocenters. The average molecular weight is 312 g/mol. The summed E-state index contributed by atoms with van der Waals surface area (Å²) in [4.78, 5) is 17.6. The first-order valence-electron chi connectivity index (χ1n) is 6.93. The van der Waals surface area contributed by atoms with Crippen LogP contribution in [0.1, 0.15) is 26.3 Å². The summed E-state index contributed by atoms with van der Waals surface area (Å²) in [5, 5.41) is 1.90. The molecule has 3 rings (SSSR count). The Balaban J connectivity index is 1.82. The Morgan fingerprint density at radius 2 is 2.14 bits per heavy atom. The highest BCUT2D eigenvalue weighted by Crippen LogP contribution is 2.38. The van der Waals surface area contributed by atoms with Gasteiger partial charge in [0, 0.05) is 11.1 Å². The number of rotatable bonds is 2. The molecule has 2 heterocycles. The number of carbonyl (C=O) groups is 1. The van der Waals surface area contributed by atoms with E-state index >= 15 is 0 Å². The molecule has 2 aliphatic rings. The topological polar surface area (TPSA) is 48.0 Å². The van der Waals surface area contributed by atoms with Crippen molar-refractivity contribution in [1.82, 2.24) is 5.06 Å². The summed E-state index contributed by atoms with van der Waals surface area (Å²) >= 11 is 6.28. The number of amides is 1. The normalized spacial score (nSPS) is 23.5. The number of halogens is 1. The lowest BCUT2D eigenvalue weighted by atomic mass is 9.95. The molecule has 21 heavy (non-hydrogen) atoms. The molecule has 1 saturated heterocycles. The van der Waals surface area contributed by atoms with Crippen LogP contribution < -0.4 is 9.47 Å². The van der Waals surface area contributed by atoms with E-state index in [4.69, 9.17) is 25.9 Å². The molecule has 0 radical (unpaired) electrons. The predicted molar refractivity (Wildman–Crippen MR) is 77.3 cm³/mol. The lowest BCUT2D eigenvalue weighted by Gasteiger charge is -2.25. The first-order valence-corrected chi connectivity index (χ1v) is 7.31. The molecule has 6 heteroatoms. The molecular weight excluding hydrogens is 294 g/mol. The number of hydrogen-bond acceptors (Lipinski definition) is 4. The fourth-order valence-electron chi connectivity index (χ4n) is 2.33. The number of nitrogens with zero attached hydrogens (tertiary/aromatic N) is 1. The van der Waals surface area contributed by atoms with Gasteiger partial charge in [-0.25, -0.2) is 5.06 Å². The van der Waals surface area contributed by atoms with Crippen LogP contribution in [0, 0.1) is 5.41 Å². The van der Waals surface area contributed by atoms with E-state index in [2.05, 4.69) is 0 Å². The minimum atomic E-state index is -0.490. The molecule has 1 aromatic rings. The zero-order valence-corrected chi connectivity index (χ0v) is 13.1. The molecule has 0 N–H and O–H groups in total. The van der Waals surface area contributed by atoms with Gasteiger partial charge in [-0.05, 0) is 32.4 Å². The van der Waals surface area contributed by atoms with Crippen LogP contribution >= 0.6 is 11.6 Å². The van der Waals surface area contributed by atoms with Crippen LogP contribution in [0.25, 0.3) is 0 Å². The highest BCUT2D eigenvalue weighted by Gasteiger charge is 2.40. The Morgan fingerprint density at radius 3 is 2.81 bits per heavy atom. The second-order valence-corrected chi connectivity index (χ2v) is 6.54. The molecule has 1 amide bonds. The van der Waals surface area contributed by atoms with Gasteiger partial charge >= 0.3 is 0 Å². The quantitative estimate of drug-likeness (QED) is 0.842. The maximum Gasteiger partial charge on any atom is 0.254 e. The summed E-state index contributed by atoms with van der Waals surface area (Å²) in [7, 11) is 0. The van der Waals surface area contributed by atoms with Crippen molar-refractivity contribution >= 4 is 17.5 Å². The molecular formula is C15H18ClNO4. The van der Waals surface area contributed by atoms with E-state index in [1.54, 1.807) is 6.07 Å². The van der Waals surface area contributed by atoms with Crippen molar-refractivity contribution in [2.45, 2.75) is 33.4 Å². The minimum absolute atomic E-state index is 0.00343. The third kappa shape index (κ3) is 2.68. The Hall–Kier alpha value is -1.46. The molecule has 0 aromatic heterocycles. The molecule has 1 aromatic carbocycles. The monoisotopic (exact) mass is 311 g/mol. The lowest BCUT2D eigenvalue weighted by Crippen LogP contribution is -2.30. The Kier molecular flexibility index (Phi) is 3.50. The summed E-state index contributed by atoms with van der Waals surface area (Å²) in [5.41, 5.74) is 0.287. The van der Waals surface area contributed by atoms with Gasteiger partial charge in [0.15, 0.2) is 11.5 Å². The smallest absolute Gasteiger partial charge is 0.254 e. The second kappa shape index (κ2) is 5.07. The highest BCUT2D eigenvalue weighted by molar-refractivity contribution is 6.31. The fraction of sp³-hybridized carbons (Fsp3) is 0.533. The highest BCUT2D eigenvalue weighted by atomic mass is 35.5. The first kappa shape index (κ1) is 14.5. The second-order valence-electron chi connectivity index (χ2n) is 6.13. The van der Waals surface area contributed by atoms with Crippen LogP contribution in [-0.2, 0) is 16.2 Å². The van der Waals surface area contributed by atoms with Gasteiger partial charge in [-0.2, -0.15) is 0 Å². The van der Waals surface area contributed by atoms with E-state index < -0.39 is 5.41 Å². The van der Waals surface area contributed by atoms with Gasteiger partial charge in [0.2, 0.25) is 0 Å². The van der Waals surface area contributed by atoms with E-state index in [1.165, 1.54) is 5.06 Å². The summed E-state index contributed by atoms with van der Waals surface area (Å²) < 4.78 is 11.3. The van der Waals surface area contributed by atoms with Crippen molar-refractivity contribution in [2.75, 3.05) is 13.2 Å². The van der Waals surface area contributed by atoms with Gasteiger partial charge < -0.3 is 9.47 Å². The average Bonchev–Trinajstić information content (AvgIpc) is 2.67. The Labute approximate surface area is 128 Å². The Bertz CT molecular complexity index is 587. The van der Waals surface area contributed by atoms with Crippen molar-refractivity contribution in [3.05, 3.63) is 22.7 Å². The molecule has 0 spiro atoms. The predicted octanol–water partition coefficient (Wildman–Crippen LogP) is 2.80. The lowest BCUT2D eigenvalue weighted by molar-refractivity contribution is -0.165. The van der Waals surface area contributed by atoms with Crippen LogP contribution in [0.15, 0.2) is 12.1 Å². The van der Waals surface area contributed by atoms with E-state index in [0.29, 0.717) is 36.3 Å². The standard InChI is InChI=1S/C15H18ClNO4/c1-9-7-19-12-4-10(11(16)5-13(12)21-9)6-17-14(18)15(2,3)8-20-17/h4-5,9H,6-8H2,1-3H3. The third-order valence-electron chi connectivity index (χ3n) is 3.62. The zero-order valence-electron chi connectivity index (χ0n) is 12.3. The van der Waals surface area contributed by atoms with Crippen LogP contribution in [0.4, 0.5) is 0 Å². The molecule has 5 nitrogen and oxygen atoms in total. The van der Waals surface area contributed by atoms with E-state index in [-0.39, 0.29) is 12.0 Å². The first-order chi connectivity index (χ1) is 9.87.